The first-order valence-corrected chi connectivity index (χ1v) is 7.66. The molecule has 6 heteroatoms. The standard InChI is InChI=1S/C16H18ClN3O2/c1-12(20-7-6-18-11-20)16(21)19-8-9-22-15(10-19)13-2-4-14(17)5-3-13/h2-7,11-12,15H,8-10H2,1H3. The number of nitrogens with zero attached hydrogens (tertiary/aromatic N) is 3. The van der Waals surface area contributed by atoms with Crippen LogP contribution in [0.5, 0.6) is 0 Å². The largest absolute Gasteiger partial charge is 0.370 e. The molecule has 1 aliphatic heterocycles. The third kappa shape index (κ3) is 3.15. The minimum atomic E-state index is -0.258. The summed E-state index contributed by atoms with van der Waals surface area (Å²) in [6, 6.07) is 7.32. The number of hydrogen-bond donors (Lipinski definition) is 0. The van der Waals surface area contributed by atoms with Crippen molar-refractivity contribution in [3.8, 4) is 0 Å². The molecule has 1 aliphatic rings. The molecule has 0 N–H and O–H groups in total. The zero-order valence-electron chi connectivity index (χ0n) is 12.4. The van der Waals surface area contributed by atoms with Gasteiger partial charge in [0, 0.05) is 24.0 Å². The molecule has 0 bridgehead atoms. The topological polar surface area (TPSA) is 47.4 Å². The Morgan fingerprint density at radius 1 is 1.41 bits per heavy atom. The number of benzene rings is 1. The number of amides is 1. The van der Waals surface area contributed by atoms with Crippen LogP contribution in [0.2, 0.25) is 5.02 Å². The average Bonchev–Trinajstić information content (AvgIpc) is 3.09. The number of halogens is 1. The first kappa shape index (κ1) is 15.1. The minimum absolute atomic E-state index is 0.0836. The first-order valence-electron chi connectivity index (χ1n) is 7.28. The number of imidazole rings is 1. The third-order valence-electron chi connectivity index (χ3n) is 3.95. The maximum absolute atomic E-state index is 12.6. The molecule has 1 saturated heterocycles. The van der Waals surface area contributed by atoms with E-state index in [4.69, 9.17) is 16.3 Å². The highest BCUT2D eigenvalue weighted by Crippen LogP contribution is 2.25. The molecule has 1 aromatic heterocycles. The first-order chi connectivity index (χ1) is 10.6. The Morgan fingerprint density at radius 2 is 2.18 bits per heavy atom. The number of rotatable bonds is 3. The smallest absolute Gasteiger partial charge is 0.245 e. The maximum Gasteiger partial charge on any atom is 0.245 e. The molecule has 2 heterocycles. The van der Waals surface area contributed by atoms with Crippen LogP contribution in [0.15, 0.2) is 43.0 Å². The number of aromatic nitrogens is 2. The van der Waals surface area contributed by atoms with Gasteiger partial charge < -0.3 is 14.2 Å². The van der Waals surface area contributed by atoms with Crippen LogP contribution >= 0.6 is 11.6 Å². The second kappa shape index (κ2) is 6.50. The fraction of sp³-hybridized carbons (Fsp3) is 0.375. The van der Waals surface area contributed by atoms with Gasteiger partial charge in [0.05, 0.1) is 19.5 Å². The van der Waals surface area contributed by atoms with Crippen LogP contribution in [0.4, 0.5) is 0 Å². The summed E-state index contributed by atoms with van der Waals surface area (Å²) in [7, 11) is 0. The molecule has 2 atom stereocenters. The molecule has 2 aromatic rings. The lowest BCUT2D eigenvalue weighted by Crippen LogP contribution is -2.44. The van der Waals surface area contributed by atoms with E-state index in [9.17, 15) is 4.79 Å². The Bertz CT molecular complexity index is 627. The van der Waals surface area contributed by atoms with E-state index in [0.29, 0.717) is 24.7 Å². The second-order valence-corrected chi connectivity index (χ2v) is 5.82. The fourth-order valence-electron chi connectivity index (χ4n) is 2.62. The Kier molecular flexibility index (Phi) is 4.45. The van der Waals surface area contributed by atoms with Crippen molar-refractivity contribution < 1.29 is 9.53 Å². The average molecular weight is 320 g/mol. The molecule has 3 rings (SSSR count). The Morgan fingerprint density at radius 3 is 2.86 bits per heavy atom. The number of carbonyl (C=O) groups is 1. The van der Waals surface area contributed by atoms with Crippen molar-refractivity contribution in [2.45, 2.75) is 19.1 Å². The van der Waals surface area contributed by atoms with Gasteiger partial charge in [0.25, 0.3) is 0 Å². The number of carbonyl (C=O) groups excluding carboxylic acids is 1. The van der Waals surface area contributed by atoms with Crippen LogP contribution in [0, 0.1) is 0 Å². The van der Waals surface area contributed by atoms with Crippen molar-refractivity contribution in [3.63, 3.8) is 0 Å². The van der Waals surface area contributed by atoms with Crippen LogP contribution in [0.1, 0.15) is 24.6 Å². The van der Waals surface area contributed by atoms with Crippen LogP contribution < -0.4 is 0 Å². The lowest BCUT2D eigenvalue weighted by atomic mass is 10.1. The van der Waals surface area contributed by atoms with Gasteiger partial charge in [-0.15, -0.1) is 0 Å². The second-order valence-electron chi connectivity index (χ2n) is 5.38. The summed E-state index contributed by atoms with van der Waals surface area (Å²) in [4.78, 5) is 18.5. The SMILES string of the molecule is CC(C(=O)N1CCOC(c2ccc(Cl)cc2)C1)n1ccnc1. The summed E-state index contributed by atoms with van der Waals surface area (Å²) in [5, 5.41) is 0.696. The van der Waals surface area contributed by atoms with Gasteiger partial charge in [-0.05, 0) is 24.6 Å². The summed E-state index contributed by atoms with van der Waals surface area (Å²) in [5.74, 6) is 0.0836. The molecular weight excluding hydrogens is 302 g/mol. The van der Waals surface area contributed by atoms with Crippen molar-refractivity contribution in [2.24, 2.45) is 0 Å². The summed E-state index contributed by atoms with van der Waals surface area (Å²) in [6.07, 6.45) is 5.05. The van der Waals surface area contributed by atoms with Crippen molar-refractivity contribution >= 4 is 17.5 Å². The number of ether oxygens (including phenoxy) is 1. The van der Waals surface area contributed by atoms with E-state index >= 15 is 0 Å². The molecule has 0 spiro atoms. The van der Waals surface area contributed by atoms with E-state index in [1.165, 1.54) is 0 Å². The van der Waals surface area contributed by atoms with Crippen molar-refractivity contribution in [3.05, 3.63) is 53.6 Å². The molecule has 0 radical (unpaired) electrons. The molecular formula is C16H18ClN3O2. The monoisotopic (exact) mass is 319 g/mol. The van der Waals surface area contributed by atoms with Gasteiger partial charge in [-0.25, -0.2) is 4.98 Å². The van der Waals surface area contributed by atoms with E-state index in [1.54, 1.807) is 18.7 Å². The molecule has 0 aliphatic carbocycles. The Balaban J connectivity index is 1.70. The maximum atomic E-state index is 12.6. The quantitative estimate of drug-likeness (QED) is 0.874. The molecule has 1 fully saturated rings. The third-order valence-corrected chi connectivity index (χ3v) is 4.20. The molecule has 0 saturated carbocycles. The predicted octanol–water partition coefficient (Wildman–Crippen LogP) is 2.70. The van der Waals surface area contributed by atoms with E-state index < -0.39 is 0 Å². The predicted molar refractivity (Wildman–Crippen MR) is 83.7 cm³/mol. The van der Waals surface area contributed by atoms with E-state index in [0.717, 1.165) is 5.56 Å². The van der Waals surface area contributed by atoms with Gasteiger partial charge in [0.1, 0.15) is 12.1 Å². The van der Waals surface area contributed by atoms with E-state index in [-0.39, 0.29) is 18.1 Å². The van der Waals surface area contributed by atoms with Crippen LogP contribution in [-0.2, 0) is 9.53 Å². The minimum Gasteiger partial charge on any atom is -0.370 e. The molecule has 1 aromatic carbocycles. The highest BCUT2D eigenvalue weighted by Gasteiger charge is 2.28. The van der Waals surface area contributed by atoms with Crippen molar-refractivity contribution in [1.82, 2.24) is 14.5 Å². The Labute approximate surface area is 134 Å². The van der Waals surface area contributed by atoms with Crippen LogP contribution in [-0.4, -0.2) is 40.1 Å². The highest BCUT2D eigenvalue weighted by molar-refractivity contribution is 6.30. The van der Waals surface area contributed by atoms with E-state index in [2.05, 4.69) is 4.98 Å². The van der Waals surface area contributed by atoms with Gasteiger partial charge in [-0.2, -0.15) is 0 Å². The summed E-state index contributed by atoms with van der Waals surface area (Å²) >= 11 is 5.91. The van der Waals surface area contributed by atoms with Crippen LogP contribution in [0.25, 0.3) is 0 Å². The van der Waals surface area contributed by atoms with Crippen molar-refractivity contribution in [2.75, 3.05) is 19.7 Å². The van der Waals surface area contributed by atoms with Gasteiger partial charge >= 0.3 is 0 Å². The summed E-state index contributed by atoms with van der Waals surface area (Å²) < 4.78 is 7.61. The zero-order valence-corrected chi connectivity index (χ0v) is 13.1. The van der Waals surface area contributed by atoms with Crippen LogP contribution in [0.3, 0.4) is 0 Å². The van der Waals surface area contributed by atoms with E-state index in [1.807, 2.05) is 40.7 Å². The van der Waals surface area contributed by atoms with Gasteiger partial charge in [0.2, 0.25) is 5.91 Å². The van der Waals surface area contributed by atoms with Gasteiger partial charge in [-0.3, -0.25) is 4.79 Å². The number of hydrogen-bond acceptors (Lipinski definition) is 3. The van der Waals surface area contributed by atoms with Gasteiger partial charge in [0.15, 0.2) is 0 Å². The molecule has 5 nitrogen and oxygen atoms in total. The lowest BCUT2D eigenvalue weighted by molar-refractivity contribution is -0.142. The molecule has 22 heavy (non-hydrogen) atoms. The normalized spacial score (nSPS) is 19.9. The fourth-order valence-corrected chi connectivity index (χ4v) is 2.74. The Hall–Kier alpha value is -1.85. The highest BCUT2D eigenvalue weighted by atomic mass is 35.5. The molecule has 2 unspecified atom stereocenters. The summed E-state index contributed by atoms with van der Waals surface area (Å²) in [6.45, 7) is 3.59. The number of morpholine rings is 1. The zero-order chi connectivity index (χ0) is 15.5. The summed E-state index contributed by atoms with van der Waals surface area (Å²) in [5.41, 5.74) is 1.04. The van der Waals surface area contributed by atoms with Crippen molar-refractivity contribution in [1.29, 1.82) is 0 Å². The van der Waals surface area contributed by atoms with Gasteiger partial charge in [-0.1, -0.05) is 23.7 Å². The molecule has 116 valence electrons. The lowest BCUT2D eigenvalue weighted by Gasteiger charge is -2.34. The molecule has 1 amide bonds.